The van der Waals surface area contributed by atoms with Crippen molar-refractivity contribution >= 4 is 41.0 Å². The fourth-order valence-electron chi connectivity index (χ4n) is 5.01. The van der Waals surface area contributed by atoms with E-state index in [1.807, 2.05) is 19.1 Å². The van der Waals surface area contributed by atoms with E-state index in [9.17, 15) is 19.2 Å². The number of ether oxygens (including phenoxy) is 1. The molecule has 1 aromatic rings. The molecular weight excluding hydrogens is 420 g/mol. The van der Waals surface area contributed by atoms with Crippen molar-refractivity contribution in [2.45, 2.75) is 33.2 Å². The molecule has 0 radical (unpaired) electrons. The first-order chi connectivity index (χ1) is 14.7. The van der Waals surface area contributed by atoms with Crippen LogP contribution in [0.1, 0.15) is 25.8 Å². The van der Waals surface area contributed by atoms with Crippen LogP contribution in [0.25, 0.3) is 0 Å². The first kappa shape index (κ1) is 21.6. The van der Waals surface area contributed by atoms with Crippen LogP contribution < -0.4 is 5.32 Å². The Morgan fingerprint density at radius 3 is 2.35 bits per heavy atom. The molecule has 1 saturated carbocycles. The van der Waals surface area contributed by atoms with Crippen LogP contribution >= 0.6 is 11.6 Å². The first-order valence-corrected chi connectivity index (χ1v) is 10.8. The summed E-state index contributed by atoms with van der Waals surface area (Å²) in [6.07, 6.45) is 4.83. The zero-order valence-electron chi connectivity index (χ0n) is 17.6. The van der Waals surface area contributed by atoms with E-state index in [-0.39, 0.29) is 41.4 Å². The highest BCUT2D eigenvalue weighted by Gasteiger charge is 2.61. The van der Waals surface area contributed by atoms with Gasteiger partial charge in [0.25, 0.3) is 5.91 Å². The molecular formula is C23H25ClN2O5. The zero-order valence-corrected chi connectivity index (χ0v) is 18.4. The molecule has 4 rings (SSSR count). The van der Waals surface area contributed by atoms with Gasteiger partial charge in [0.1, 0.15) is 6.04 Å². The second-order valence-corrected chi connectivity index (χ2v) is 9.29. The quantitative estimate of drug-likeness (QED) is 0.413. The summed E-state index contributed by atoms with van der Waals surface area (Å²) in [7, 11) is 0. The number of esters is 1. The fourth-order valence-corrected chi connectivity index (χ4v) is 5.18. The molecule has 2 bridgehead atoms. The van der Waals surface area contributed by atoms with E-state index >= 15 is 0 Å². The lowest BCUT2D eigenvalue weighted by Crippen LogP contribution is -2.50. The predicted molar refractivity (Wildman–Crippen MR) is 114 cm³/mol. The summed E-state index contributed by atoms with van der Waals surface area (Å²) in [5, 5.41) is 3.13. The molecule has 3 aliphatic rings. The number of amides is 3. The van der Waals surface area contributed by atoms with Crippen LogP contribution in [-0.2, 0) is 23.9 Å². The standard InChI is InChI=1S/C23H25ClN2O5/c1-11(2)20(26-21(28)18-13-5-6-14(8-13)19(18)22(26)29)23(30)31-10-17(27)25-16-9-15(24)7-4-12(16)3/h4-7,9,11,13-14,18-20H,8,10H2,1-3H3,(H,25,27)/t13-,14-,18+,19+,20-/m0/s1. The van der Waals surface area contributed by atoms with Gasteiger partial charge in [-0.05, 0) is 48.8 Å². The highest BCUT2D eigenvalue weighted by atomic mass is 35.5. The third kappa shape index (κ3) is 3.76. The maximum Gasteiger partial charge on any atom is 0.330 e. The van der Waals surface area contributed by atoms with Crippen molar-refractivity contribution in [1.29, 1.82) is 0 Å². The van der Waals surface area contributed by atoms with Gasteiger partial charge in [0.2, 0.25) is 11.8 Å². The van der Waals surface area contributed by atoms with Gasteiger partial charge in [0, 0.05) is 10.7 Å². The van der Waals surface area contributed by atoms with Gasteiger partial charge in [-0.2, -0.15) is 0 Å². The van der Waals surface area contributed by atoms with Crippen LogP contribution in [-0.4, -0.2) is 41.2 Å². The number of anilines is 1. The Morgan fingerprint density at radius 2 is 1.77 bits per heavy atom. The molecule has 2 aliphatic carbocycles. The van der Waals surface area contributed by atoms with E-state index in [0.717, 1.165) is 16.9 Å². The number of nitrogens with one attached hydrogen (secondary N) is 1. The Morgan fingerprint density at radius 1 is 1.16 bits per heavy atom. The van der Waals surface area contributed by atoms with E-state index < -0.39 is 24.5 Å². The number of hydrogen-bond donors (Lipinski definition) is 1. The normalized spacial score (nSPS) is 27.1. The number of carbonyl (C=O) groups is 4. The molecule has 1 heterocycles. The van der Waals surface area contributed by atoms with Crippen LogP contribution in [0, 0.1) is 36.5 Å². The lowest BCUT2D eigenvalue weighted by atomic mass is 9.85. The number of nitrogens with zero attached hydrogens (tertiary/aromatic N) is 1. The lowest BCUT2D eigenvalue weighted by Gasteiger charge is -2.28. The molecule has 8 heteroatoms. The number of aryl methyl sites for hydroxylation is 1. The van der Waals surface area contributed by atoms with Crippen LogP contribution in [0.5, 0.6) is 0 Å². The Bertz CT molecular complexity index is 958. The molecule has 31 heavy (non-hydrogen) atoms. The summed E-state index contributed by atoms with van der Waals surface area (Å²) in [6, 6.07) is 4.03. The molecule has 3 amide bonds. The maximum absolute atomic E-state index is 13.1. The number of carbonyl (C=O) groups excluding carboxylic acids is 4. The molecule has 0 unspecified atom stereocenters. The second-order valence-electron chi connectivity index (χ2n) is 8.85. The molecule has 164 valence electrons. The number of halogens is 1. The number of fused-ring (bicyclic) bond motifs is 5. The maximum atomic E-state index is 13.1. The molecule has 2 fully saturated rings. The topological polar surface area (TPSA) is 92.8 Å². The molecule has 7 nitrogen and oxygen atoms in total. The lowest BCUT2D eigenvalue weighted by molar-refractivity contribution is -0.162. The third-order valence-electron chi connectivity index (χ3n) is 6.47. The van der Waals surface area contributed by atoms with E-state index in [1.165, 1.54) is 0 Å². The number of rotatable bonds is 6. The van der Waals surface area contributed by atoms with Crippen molar-refractivity contribution in [3.63, 3.8) is 0 Å². The Hall–Kier alpha value is -2.67. The van der Waals surface area contributed by atoms with E-state index in [0.29, 0.717) is 10.7 Å². The fraction of sp³-hybridized carbons (Fsp3) is 0.478. The summed E-state index contributed by atoms with van der Waals surface area (Å²) >= 11 is 5.96. The van der Waals surface area contributed by atoms with Gasteiger partial charge in [-0.15, -0.1) is 0 Å². The van der Waals surface area contributed by atoms with Crippen LogP contribution in [0.3, 0.4) is 0 Å². The van der Waals surface area contributed by atoms with Gasteiger partial charge < -0.3 is 10.1 Å². The second kappa shape index (κ2) is 8.11. The van der Waals surface area contributed by atoms with Gasteiger partial charge in [-0.3, -0.25) is 19.3 Å². The van der Waals surface area contributed by atoms with Crippen molar-refractivity contribution in [3.8, 4) is 0 Å². The highest BCUT2D eigenvalue weighted by molar-refractivity contribution is 6.31. The summed E-state index contributed by atoms with van der Waals surface area (Å²) in [5.41, 5.74) is 1.34. The Balaban J connectivity index is 1.43. The van der Waals surface area contributed by atoms with Gasteiger partial charge in [-0.1, -0.05) is 43.7 Å². The highest BCUT2D eigenvalue weighted by Crippen LogP contribution is 2.53. The van der Waals surface area contributed by atoms with Crippen molar-refractivity contribution < 1.29 is 23.9 Å². The minimum Gasteiger partial charge on any atom is -0.454 e. The van der Waals surface area contributed by atoms with Crippen LogP contribution in [0.4, 0.5) is 5.69 Å². The smallest absolute Gasteiger partial charge is 0.330 e. The molecule has 0 aromatic heterocycles. The van der Waals surface area contributed by atoms with Gasteiger partial charge in [-0.25, -0.2) is 4.79 Å². The molecule has 1 saturated heterocycles. The van der Waals surface area contributed by atoms with Crippen molar-refractivity contribution in [3.05, 3.63) is 40.9 Å². The molecule has 5 atom stereocenters. The molecule has 1 N–H and O–H groups in total. The van der Waals surface area contributed by atoms with E-state index in [4.69, 9.17) is 16.3 Å². The van der Waals surface area contributed by atoms with Crippen molar-refractivity contribution in [2.75, 3.05) is 11.9 Å². The van der Waals surface area contributed by atoms with Gasteiger partial charge >= 0.3 is 5.97 Å². The van der Waals surface area contributed by atoms with E-state index in [2.05, 4.69) is 5.32 Å². The minimum absolute atomic E-state index is 0.0620. The average Bonchev–Trinajstić information content (AvgIpc) is 3.39. The van der Waals surface area contributed by atoms with Crippen molar-refractivity contribution in [2.24, 2.45) is 29.6 Å². The van der Waals surface area contributed by atoms with Crippen molar-refractivity contribution in [1.82, 2.24) is 4.90 Å². The number of benzene rings is 1. The van der Waals surface area contributed by atoms with Gasteiger partial charge in [0.05, 0.1) is 11.8 Å². The number of allylic oxidation sites excluding steroid dienone is 2. The SMILES string of the molecule is Cc1ccc(Cl)cc1NC(=O)COC(=O)[C@H](C(C)C)N1C(=O)[C@H]2[C@H](C1=O)[C@H]1C=C[C@H]2C1. The summed E-state index contributed by atoms with van der Waals surface area (Å²) in [4.78, 5) is 52.4. The molecule has 1 aliphatic heterocycles. The third-order valence-corrected chi connectivity index (χ3v) is 6.71. The van der Waals surface area contributed by atoms with Gasteiger partial charge in [0.15, 0.2) is 6.61 Å². The van der Waals surface area contributed by atoms with Crippen LogP contribution in [0.15, 0.2) is 30.4 Å². The number of imide groups is 1. The molecule has 1 aromatic carbocycles. The summed E-state index contributed by atoms with van der Waals surface area (Å²) in [5.74, 6) is -2.88. The predicted octanol–water partition coefficient (Wildman–Crippen LogP) is 2.96. The minimum atomic E-state index is -1.05. The Kier molecular flexibility index (Phi) is 5.64. The Labute approximate surface area is 185 Å². The summed E-state index contributed by atoms with van der Waals surface area (Å²) in [6.45, 7) is 4.80. The zero-order chi connectivity index (χ0) is 22.4. The number of likely N-dealkylation sites (tertiary alicyclic amines) is 1. The molecule has 0 spiro atoms. The van der Waals surface area contributed by atoms with Crippen LogP contribution in [0.2, 0.25) is 5.02 Å². The largest absolute Gasteiger partial charge is 0.454 e. The first-order valence-electron chi connectivity index (χ1n) is 10.5. The van der Waals surface area contributed by atoms with E-state index in [1.54, 1.807) is 32.0 Å². The monoisotopic (exact) mass is 444 g/mol. The summed E-state index contributed by atoms with van der Waals surface area (Å²) < 4.78 is 5.22. The average molecular weight is 445 g/mol. The number of hydrogen-bond acceptors (Lipinski definition) is 5.